The van der Waals surface area contributed by atoms with Gasteiger partial charge in [-0.15, -0.1) is 6.58 Å². The summed E-state index contributed by atoms with van der Waals surface area (Å²) in [6.07, 6.45) is 5.83. The van der Waals surface area contributed by atoms with E-state index in [9.17, 15) is 4.79 Å². The van der Waals surface area contributed by atoms with E-state index in [0.29, 0.717) is 23.5 Å². The van der Waals surface area contributed by atoms with Gasteiger partial charge in [0.2, 0.25) is 0 Å². The Balaban J connectivity index is 2.49. The molecule has 0 N–H and O–H groups in total. The number of benzene rings is 2. The maximum atomic E-state index is 12.7. The predicted octanol–water partition coefficient (Wildman–Crippen LogP) is 6.67. The Bertz CT molecular complexity index is 939. The van der Waals surface area contributed by atoms with E-state index in [-0.39, 0.29) is 17.0 Å². The number of methoxy groups -OCH3 is 1. The van der Waals surface area contributed by atoms with Gasteiger partial charge in [0, 0.05) is 17.2 Å². The van der Waals surface area contributed by atoms with Crippen LogP contribution in [0.5, 0.6) is 17.2 Å². The molecule has 4 nitrogen and oxygen atoms in total. The molecule has 4 heteroatoms. The van der Waals surface area contributed by atoms with E-state index in [1.165, 1.54) is 0 Å². The van der Waals surface area contributed by atoms with Crippen LogP contribution in [0.25, 0.3) is 6.08 Å². The lowest BCUT2D eigenvalue weighted by molar-refractivity contribution is 0.104. The highest BCUT2D eigenvalue weighted by molar-refractivity contribution is 6.07. The van der Waals surface area contributed by atoms with E-state index in [0.717, 1.165) is 16.9 Å². The molecule has 0 aliphatic rings. The zero-order valence-electron chi connectivity index (χ0n) is 19.7. The van der Waals surface area contributed by atoms with E-state index < -0.39 is 0 Å². The summed E-state index contributed by atoms with van der Waals surface area (Å²) in [6.45, 7) is 15.9. The zero-order chi connectivity index (χ0) is 23.2. The summed E-state index contributed by atoms with van der Waals surface area (Å²) < 4.78 is 17.5. The van der Waals surface area contributed by atoms with Crippen molar-refractivity contribution in [3.8, 4) is 17.2 Å². The van der Waals surface area contributed by atoms with Crippen molar-refractivity contribution >= 4 is 11.9 Å². The third-order valence-corrected chi connectivity index (χ3v) is 4.19. The van der Waals surface area contributed by atoms with Crippen LogP contribution >= 0.6 is 0 Å². The molecule has 2 rings (SSSR count). The van der Waals surface area contributed by atoms with E-state index in [1.54, 1.807) is 37.5 Å². The molecule has 0 bridgehead atoms. The molecule has 0 radical (unpaired) electrons. The molecule has 0 aliphatic heterocycles. The molecule has 0 fully saturated rings. The predicted molar refractivity (Wildman–Crippen MR) is 127 cm³/mol. The summed E-state index contributed by atoms with van der Waals surface area (Å²) in [5, 5.41) is 0. The largest absolute Gasteiger partial charge is 0.497 e. The van der Waals surface area contributed by atoms with Crippen LogP contribution in [0.2, 0.25) is 0 Å². The van der Waals surface area contributed by atoms with Gasteiger partial charge < -0.3 is 14.2 Å². The van der Waals surface area contributed by atoms with Gasteiger partial charge in [0.15, 0.2) is 5.78 Å². The number of allylic oxidation sites excluding steroid dienone is 2. The molecule has 0 heterocycles. The van der Waals surface area contributed by atoms with Crippen LogP contribution in [0.1, 0.15) is 63.0 Å². The molecule has 2 aromatic rings. The summed E-state index contributed by atoms with van der Waals surface area (Å²) in [5.41, 5.74) is 1.68. The molecule has 0 atom stereocenters. The molecule has 0 saturated carbocycles. The first-order valence-corrected chi connectivity index (χ1v) is 10.4. The van der Waals surface area contributed by atoms with Crippen LogP contribution in [0, 0.1) is 0 Å². The van der Waals surface area contributed by atoms with Crippen LogP contribution < -0.4 is 14.2 Å². The fraction of sp³-hybridized carbons (Fsp3) is 0.370. The molecular weight excluding hydrogens is 388 g/mol. The average molecular weight is 423 g/mol. The molecule has 0 aromatic heterocycles. The molecule has 166 valence electrons. The van der Waals surface area contributed by atoms with Gasteiger partial charge in [-0.2, -0.15) is 0 Å². The van der Waals surface area contributed by atoms with Gasteiger partial charge in [-0.05, 0) is 89.9 Å². The summed E-state index contributed by atoms with van der Waals surface area (Å²) in [5.74, 6) is 2.04. The van der Waals surface area contributed by atoms with Crippen molar-refractivity contribution in [1.82, 2.24) is 0 Å². The third-order valence-electron chi connectivity index (χ3n) is 4.19. The first-order chi connectivity index (χ1) is 14.4. The SMILES string of the molecule is C=CCc1c(/C=C/C(=O)c2ccc(OC)cc2)cc(OC(C)(C)C)cc1OC(C)(C)C. The van der Waals surface area contributed by atoms with Gasteiger partial charge in [-0.25, -0.2) is 0 Å². The standard InChI is InChI=1S/C27H34O4/c1-9-10-23-20(13-16-24(28)19-11-14-21(29-8)15-12-19)17-22(30-26(2,3)4)18-25(23)31-27(5,6)7/h9,11-18H,1,10H2,2-8H3/b16-13+. The number of hydrogen-bond donors (Lipinski definition) is 0. The Morgan fingerprint density at radius 1 is 0.935 bits per heavy atom. The van der Waals surface area contributed by atoms with Crippen molar-refractivity contribution in [1.29, 1.82) is 0 Å². The lowest BCUT2D eigenvalue weighted by Crippen LogP contribution is -2.25. The lowest BCUT2D eigenvalue weighted by atomic mass is 10.00. The second-order valence-electron chi connectivity index (χ2n) is 9.34. The van der Waals surface area contributed by atoms with E-state index >= 15 is 0 Å². The quantitative estimate of drug-likeness (QED) is 0.271. The second-order valence-corrected chi connectivity index (χ2v) is 9.34. The first kappa shape index (κ1) is 24.3. The van der Waals surface area contributed by atoms with Crippen molar-refractivity contribution < 1.29 is 19.0 Å². The highest BCUT2D eigenvalue weighted by Crippen LogP contribution is 2.34. The maximum Gasteiger partial charge on any atom is 0.185 e. The van der Waals surface area contributed by atoms with Crippen LogP contribution in [0.3, 0.4) is 0 Å². The molecular formula is C27H34O4. The Hall–Kier alpha value is -3.01. The number of carbonyl (C=O) groups is 1. The molecule has 0 amide bonds. The van der Waals surface area contributed by atoms with Crippen LogP contribution in [-0.2, 0) is 6.42 Å². The first-order valence-electron chi connectivity index (χ1n) is 10.4. The Labute approximate surface area is 186 Å². The summed E-state index contributed by atoms with van der Waals surface area (Å²) in [7, 11) is 1.60. The van der Waals surface area contributed by atoms with Crippen molar-refractivity contribution in [2.24, 2.45) is 0 Å². The van der Waals surface area contributed by atoms with Crippen LogP contribution in [0.15, 0.2) is 55.1 Å². The number of hydrogen-bond acceptors (Lipinski definition) is 4. The van der Waals surface area contributed by atoms with Crippen molar-refractivity contribution in [3.63, 3.8) is 0 Å². The summed E-state index contributed by atoms with van der Waals surface area (Å²) in [4.78, 5) is 12.7. The number of carbonyl (C=O) groups excluding carboxylic acids is 1. The minimum absolute atomic E-state index is 0.0901. The lowest BCUT2D eigenvalue weighted by Gasteiger charge is -2.27. The van der Waals surface area contributed by atoms with Crippen molar-refractivity contribution in [2.75, 3.05) is 7.11 Å². The van der Waals surface area contributed by atoms with Gasteiger partial charge in [0.25, 0.3) is 0 Å². The minimum Gasteiger partial charge on any atom is -0.497 e. The van der Waals surface area contributed by atoms with Crippen LogP contribution in [-0.4, -0.2) is 24.1 Å². The topological polar surface area (TPSA) is 44.8 Å². The molecule has 2 aromatic carbocycles. The molecule has 0 unspecified atom stereocenters. The molecule has 31 heavy (non-hydrogen) atoms. The van der Waals surface area contributed by atoms with Gasteiger partial charge >= 0.3 is 0 Å². The number of ether oxygens (including phenoxy) is 3. The Kier molecular flexibility index (Phi) is 7.72. The number of ketones is 1. The zero-order valence-corrected chi connectivity index (χ0v) is 19.7. The third kappa shape index (κ3) is 7.63. The number of rotatable bonds is 8. The maximum absolute atomic E-state index is 12.7. The van der Waals surface area contributed by atoms with Gasteiger partial charge in [-0.3, -0.25) is 4.79 Å². The van der Waals surface area contributed by atoms with E-state index in [1.807, 2.05) is 65.8 Å². The highest BCUT2D eigenvalue weighted by Gasteiger charge is 2.20. The van der Waals surface area contributed by atoms with Crippen molar-refractivity contribution in [3.05, 3.63) is 71.8 Å². The molecule has 0 aliphatic carbocycles. The molecule has 0 saturated heterocycles. The highest BCUT2D eigenvalue weighted by atomic mass is 16.5. The summed E-state index contributed by atoms with van der Waals surface area (Å²) >= 11 is 0. The fourth-order valence-electron chi connectivity index (χ4n) is 3.00. The van der Waals surface area contributed by atoms with E-state index in [2.05, 4.69) is 6.58 Å². The Morgan fingerprint density at radius 2 is 1.55 bits per heavy atom. The monoisotopic (exact) mass is 422 g/mol. The fourth-order valence-corrected chi connectivity index (χ4v) is 3.00. The second kappa shape index (κ2) is 9.86. The molecule has 0 spiro atoms. The van der Waals surface area contributed by atoms with Crippen LogP contribution in [0.4, 0.5) is 0 Å². The van der Waals surface area contributed by atoms with E-state index in [4.69, 9.17) is 14.2 Å². The van der Waals surface area contributed by atoms with Gasteiger partial charge in [0.05, 0.1) is 7.11 Å². The summed E-state index contributed by atoms with van der Waals surface area (Å²) in [6, 6.07) is 10.9. The van der Waals surface area contributed by atoms with Gasteiger partial charge in [0.1, 0.15) is 28.5 Å². The van der Waals surface area contributed by atoms with Crippen molar-refractivity contribution in [2.45, 2.75) is 59.2 Å². The normalized spacial score (nSPS) is 12.0. The smallest absolute Gasteiger partial charge is 0.185 e. The van der Waals surface area contributed by atoms with Gasteiger partial charge in [-0.1, -0.05) is 12.2 Å². The Morgan fingerprint density at radius 3 is 2.06 bits per heavy atom. The average Bonchev–Trinajstić information content (AvgIpc) is 2.66. The minimum atomic E-state index is -0.379.